The summed E-state index contributed by atoms with van der Waals surface area (Å²) in [6.45, 7) is 4.02. The number of methoxy groups -OCH3 is 1. The Labute approximate surface area is 129 Å². The normalized spacial score (nSPS) is 10.4. The minimum Gasteiger partial charge on any atom is -0.494 e. The number of aryl methyl sites for hydroxylation is 1. The number of rotatable bonds is 5. The summed E-state index contributed by atoms with van der Waals surface area (Å²) >= 11 is 6.13. The van der Waals surface area contributed by atoms with Crippen LogP contribution in [0.15, 0.2) is 12.1 Å². The first-order valence-corrected chi connectivity index (χ1v) is 7.19. The average molecular weight is 305 g/mol. The van der Waals surface area contributed by atoms with Gasteiger partial charge in [0.1, 0.15) is 17.5 Å². The van der Waals surface area contributed by atoms with Gasteiger partial charge in [-0.2, -0.15) is 5.26 Å². The van der Waals surface area contributed by atoms with Crippen LogP contribution in [0.1, 0.15) is 36.7 Å². The topological polar surface area (TPSA) is 63.7 Å². The van der Waals surface area contributed by atoms with Crippen molar-refractivity contribution in [2.45, 2.75) is 33.1 Å². The van der Waals surface area contributed by atoms with Crippen LogP contribution < -0.4 is 4.74 Å². The Kier molecular flexibility index (Phi) is 4.81. The lowest BCUT2D eigenvalue weighted by molar-refractivity contribution is 0.411. The quantitative estimate of drug-likeness (QED) is 0.848. The number of nitrogens with zero attached hydrogens (tertiary/aromatic N) is 4. The highest BCUT2D eigenvalue weighted by molar-refractivity contribution is 6.31. The molecule has 0 saturated carbocycles. The zero-order valence-electron chi connectivity index (χ0n) is 12.4. The van der Waals surface area contributed by atoms with Gasteiger partial charge in [0.25, 0.3) is 0 Å². The van der Waals surface area contributed by atoms with Crippen LogP contribution in [0.3, 0.4) is 0 Å². The molecule has 0 saturated heterocycles. The van der Waals surface area contributed by atoms with Gasteiger partial charge in [-0.15, -0.1) is 5.10 Å². The molecule has 0 aliphatic heterocycles. The van der Waals surface area contributed by atoms with Crippen molar-refractivity contribution in [2.75, 3.05) is 7.11 Å². The lowest BCUT2D eigenvalue weighted by Gasteiger charge is -2.12. The Morgan fingerprint density at radius 1 is 1.43 bits per heavy atom. The van der Waals surface area contributed by atoms with Crippen LogP contribution in [-0.2, 0) is 6.42 Å². The van der Waals surface area contributed by atoms with Gasteiger partial charge in [-0.05, 0) is 31.4 Å². The molecule has 1 heterocycles. The Hall–Kier alpha value is -2.06. The molecule has 0 radical (unpaired) electrons. The summed E-state index contributed by atoms with van der Waals surface area (Å²) in [6.07, 6.45) is 2.75. The fraction of sp³-hybridized carbons (Fsp3) is 0.400. The summed E-state index contributed by atoms with van der Waals surface area (Å²) in [5.74, 6) is 0.609. The molecule has 21 heavy (non-hydrogen) atoms. The largest absolute Gasteiger partial charge is 0.494 e. The molecule has 2 rings (SSSR count). The molecular formula is C15H17ClN4O. The zero-order chi connectivity index (χ0) is 15.4. The predicted octanol–water partition coefficient (Wildman–Crippen LogP) is 3.45. The molecule has 0 amide bonds. The third-order valence-electron chi connectivity index (χ3n) is 3.32. The van der Waals surface area contributed by atoms with Gasteiger partial charge in [0, 0.05) is 11.1 Å². The molecule has 0 bridgehead atoms. The Morgan fingerprint density at radius 3 is 2.81 bits per heavy atom. The summed E-state index contributed by atoms with van der Waals surface area (Å²) < 4.78 is 7.06. The summed E-state index contributed by atoms with van der Waals surface area (Å²) in [4.78, 5) is 0. The van der Waals surface area contributed by atoms with E-state index in [-0.39, 0.29) is 0 Å². The minimum absolute atomic E-state index is 0.359. The number of unbranched alkanes of at least 4 members (excludes halogenated alkanes) is 1. The molecular weight excluding hydrogens is 288 g/mol. The van der Waals surface area contributed by atoms with E-state index < -0.39 is 0 Å². The summed E-state index contributed by atoms with van der Waals surface area (Å²) in [5, 5.41) is 17.9. The zero-order valence-corrected chi connectivity index (χ0v) is 13.1. The van der Waals surface area contributed by atoms with E-state index in [0.717, 1.165) is 36.2 Å². The van der Waals surface area contributed by atoms with E-state index in [1.54, 1.807) is 17.9 Å². The smallest absolute Gasteiger partial charge is 0.186 e. The van der Waals surface area contributed by atoms with Gasteiger partial charge in [-0.1, -0.05) is 30.2 Å². The second-order valence-electron chi connectivity index (χ2n) is 4.79. The van der Waals surface area contributed by atoms with Gasteiger partial charge in [-0.3, -0.25) is 0 Å². The van der Waals surface area contributed by atoms with E-state index in [4.69, 9.17) is 16.3 Å². The van der Waals surface area contributed by atoms with Crippen LogP contribution in [0.25, 0.3) is 5.69 Å². The highest BCUT2D eigenvalue weighted by Crippen LogP contribution is 2.30. The minimum atomic E-state index is 0.359. The van der Waals surface area contributed by atoms with E-state index in [1.807, 2.05) is 13.0 Å². The SMILES string of the molecule is CCCCc1c(C#N)nnn1-c1cc(C)c(Cl)cc1OC. The molecule has 1 aromatic carbocycles. The molecule has 0 aliphatic carbocycles. The van der Waals surface area contributed by atoms with Crippen molar-refractivity contribution >= 4 is 11.6 Å². The summed E-state index contributed by atoms with van der Waals surface area (Å²) in [6, 6.07) is 5.75. The van der Waals surface area contributed by atoms with E-state index in [9.17, 15) is 5.26 Å². The number of hydrogen-bond acceptors (Lipinski definition) is 4. The number of nitriles is 1. The summed E-state index contributed by atoms with van der Waals surface area (Å²) in [5.41, 5.74) is 2.83. The van der Waals surface area contributed by atoms with Crippen LogP contribution in [0.4, 0.5) is 0 Å². The van der Waals surface area contributed by atoms with Gasteiger partial charge in [0.05, 0.1) is 12.8 Å². The predicted molar refractivity (Wildman–Crippen MR) is 81.0 cm³/mol. The van der Waals surface area contributed by atoms with Crippen LogP contribution in [0.5, 0.6) is 5.75 Å². The average Bonchev–Trinajstić information content (AvgIpc) is 2.90. The van der Waals surface area contributed by atoms with E-state index in [1.165, 1.54) is 0 Å². The van der Waals surface area contributed by atoms with Crippen molar-refractivity contribution in [3.05, 3.63) is 34.1 Å². The van der Waals surface area contributed by atoms with Gasteiger partial charge in [0.2, 0.25) is 0 Å². The van der Waals surface area contributed by atoms with Crippen molar-refractivity contribution in [2.24, 2.45) is 0 Å². The third kappa shape index (κ3) is 3.01. The second kappa shape index (κ2) is 6.59. The van der Waals surface area contributed by atoms with Crippen molar-refractivity contribution < 1.29 is 4.74 Å². The number of aromatic nitrogens is 3. The monoisotopic (exact) mass is 304 g/mol. The first-order valence-electron chi connectivity index (χ1n) is 6.81. The van der Waals surface area contributed by atoms with Gasteiger partial charge in [0.15, 0.2) is 5.69 Å². The lowest BCUT2D eigenvalue weighted by atomic mass is 10.1. The third-order valence-corrected chi connectivity index (χ3v) is 3.73. The van der Waals surface area contributed by atoms with Crippen molar-refractivity contribution in [3.8, 4) is 17.5 Å². The first kappa shape index (κ1) is 15.3. The molecule has 6 heteroatoms. The molecule has 0 unspecified atom stereocenters. The van der Waals surface area contributed by atoms with Crippen LogP contribution in [0, 0.1) is 18.3 Å². The van der Waals surface area contributed by atoms with Gasteiger partial charge < -0.3 is 4.74 Å². The number of benzene rings is 1. The van der Waals surface area contributed by atoms with E-state index >= 15 is 0 Å². The Balaban J connectivity index is 2.59. The Bertz CT molecular complexity index is 688. The molecule has 110 valence electrons. The number of ether oxygens (including phenoxy) is 1. The van der Waals surface area contributed by atoms with Gasteiger partial charge >= 0.3 is 0 Å². The second-order valence-corrected chi connectivity index (χ2v) is 5.19. The van der Waals surface area contributed by atoms with Crippen LogP contribution >= 0.6 is 11.6 Å². The maximum atomic E-state index is 9.19. The standard InChI is InChI=1S/C15H17ClN4O/c1-4-5-6-13-12(9-17)18-19-20(13)14-7-10(2)11(16)8-15(14)21-3/h7-8H,4-6H2,1-3H3. The molecule has 0 aliphatic rings. The van der Waals surface area contributed by atoms with E-state index in [2.05, 4.69) is 23.3 Å². The molecule has 0 fully saturated rings. The Morgan fingerprint density at radius 2 is 2.19 bits per heavy atom. The van der Waals surface area contributed by atoms with Crippen molar-refractivity contribution in [1.82, 2.24) is 15.0 Å². The number of halogens is 1. The first-order chi connectivity index (χ1) is 10.1. The number of hydrogen-bond donors (Lipinski definition) is 0. The van der Waals surface area contributed by atoms with Crippen molar-refractivity contribution in [3.63, 3.8) is 0 Å². The molecule has 0 spiro atoms. The van der Waals surface area contributed by atoms with E-state index in [0.29, 0.717) is 16.5 Å². The van der Waals surface area contributed by atoms with Crippen LogP contribution in [0.2, 0.25) is 5.02 Å². The maximum absolute atomic E-state index is 9.19. The lowest BCUT2D eigenvalue weighted by Crippen LogP contribution is -2.06. The van der Waals surface area contributed by atoms with Crippen LogP contribution in [-0.4, -0.2) is 22.1 Å². The highest BCUT2D eigenvalue weighted by Gasteiger charge is 2.17. The molecule has 0 atom stereocenters. The molecule has 5 nitrogen and oxygen atoms in total. The van der Waals surface area contributed by atoms with Gasteiger partial charge in [-0.25, -0.2) is 4.68 Å². The molecule has 0 N–H and O–H groups in total. The molecule has 2 aromatic rings. The highest BCUT2D eigenvalue weighted by atomic mass is 35.5. The fourth-order valence-corrected chi connectivity index (χ4v) is 2.28. The van der Waals surface area contributed by atoms with Crippen molar-refractivity contribution in [1.29, 1.82) is 5.26 Å². The fourth-order valence-electron chi connectivity index (χ4n) is 2.13. The summed E-state index contributed by atoms with van der Waals surface area (Å²) in [7, 11) is 1.58. The maximum Gasteiger partial charge on any atom is 0.186 e. The molecule has 1 aromatic heterocycles.